The van der Waals surface area contributed by atoms with Gasteiger partial charge < -0.3 is 4.79 Å². The van der Waals surface area contributed by atoms with Gasteiger partial charge in [0.1, 0.15) is 7.63 Å². The maximum Gasteiger partial charge on any atom is 0.124 e. The Hall–Kier alpha value is -1.11. The molecule has 0 amide bonds. The molecule has 9 heavy (non-hydrogen) atoms. The molecule has 0 aliphatic carbocycles. The Morgan fingerprint density at radius 1 is 1.44 bits per heavy atom. The van der Waals surface area contributed by atoms with Crippen LogP contribution in [0, 0.1) is 0 Å². The van der Waals surface area contributed by atoms with Gasteiger partial charge in [0, 0.05) is 6.42 Å². The van der Waals surface area contributed by atoms with Crippen molar-refractivity contribution in [2.24, 2.45) is 0 Å². The normalized spacial score (nSPS) is 10.4. The van der Waals surface area contributed by atoms with Crippen LogP contribution in [0.1, 0.15) is 6.93 Å². The van der Waals surface area contributed by atoms with Crippen molar-refractivity contribution < 1.29 is 6.17 Å². The van der Waals surface area contributed by atoms with Crippen molar-refractivity contribution in [3.05, 3.63) is 35.9 Å². The molecule has 0 aliphatic rings. The van der Waals surface area contributed by atoms with Crippen LogP contribution < -0.4 is 0 Å². The molecule has 0 saturated carbocycles. The SMILES string of the molecule is [2H]C(=O)Cc1ccccc1. The molecule has 0 aliphatic heterocycles. The number of hydrogen-bond donors (Lipinski definition) is 0. The van der Waals surface area contributed by atoms with Gasteiger partial charge in [0.25, 0.3) is 0 Å². The van der Waals surface area contributed by atoms with Gasteiger partial charge in [0.15, 0.2) is 0 Å². The fraction of sp³-hybridized carbons (Fsp3) is 0.125. The number of carbonyl (C=O) groups is 1. The average molecular weight is 121 g/mol. The van der Waals surface area contributed by atoms with Crippen LogP contribution in [0.4, 0.5) is 0 Å². The van der Waals surface area contributed by atoms with Crippen LogP contribution in [-0.2, 0) is 11.2 Å². The maximum absolute atomic E-state index is 10.3. The van der Waals surface area contributed by atoms with Crippen molar-refractivity contribution in [3.63, 3.8) is 0 Å². The summed E-state index contributed by atoms with van der Waals surface area (Å²) in [6.07, 6.45) is -0.313. The molecule has 0 heterocycles. The molecule has 46 valence electrons. The van der Waals surface area contributed by atoms with Gasteiger partial charge in [-0.25, -0.2) is 0 Å². The highest BCUT2D eigenvalue weighted by Crippen LogP contribution is 1.96. The average Bonchev–Trinajstić information content (AvgIpc) is 1.88. The number of carbonyl (C=O) groups excluding carboxylic acids is 1. The van der Waals surface area contributed by atoms with E-state index in [4.69, 9.17) is 1.37 Å². The van der Waals surface area contributed by atoms with Gasteiger partial charge in [-0.05, 0) is 5.56 Å². The third-order valence-corrected chi connectivity index (χ3v) is 1.12. The molecular weight excluding hydrogens is 112 g/mol. The van der Waals surface area contributed by atoms with Crippen LogP contribution in [-0.4, -0.2) is 6.26 Å². The highest BCUT2D eigenvalue weighted by atomic mass is 16.1. The minimum Gasteiger partial charge on any atom is -0.303 e. The van der Waals surface area contributed by atoms with Crippen LogP contribution in [0.5, 0.6) is 0 Å². The van der Waals surface area contributed by atoms with Gasteiger partial charge in [0.2, 0.25) is 0 Å². The first kappa shape index (κ1) is 4.74. The monoisotopic (exact) mass is 121 g/mol. The van der Waals surface area contributed by atoms with Gasteiger partial charge in [-0.3, -0.25) is 0 Å². The molecule has 0 saturated heterocycles. The Bertz CT molecular complexity index is 218. The zero-order valence-corrected chi connectivity index (χ0v) is 5.00. The molecule has 1 aromatic rings. The van der Waals surface area contributed by atoms with Gasteiger partial charge in [0.05, 0.1) is 0 Å². The summed E-state index contributed by atoms with van der Waals surface area (Å²) >= 11 is 0. The lowest BCUT2D eigenvalue weighted by Gasteiger charge is -1.89. The Morgan fingerprint density at radius 2 is 2.11 bits per heavy atom. The second-order valence-electron chi connectivity index (χ2n) is 1.81. The number of hydrogen-bond acceptors (Lipinski definition) is 1. The minimum absolute atomic E-state index is 0.223. The predicted octanol–water partition coefficient (Wildman–Crippen LogP) is 1.43. The van der Waals surface area contributed by atoms with Crippen molar-refractivity contribution in [2.45, 2.75) is 6.42 Å². The van der Waals surface area contributed by atoms with Crippen LogP contribution in [0.3, 0.4) is 0 Å². The lowest BCUT2D eigenvalue weighted by molar-refractivity contribution is -0.107. The van der Waals surface area contributed by atoms with Crippen molar-refractivity contribution in [1.82, 2.24) is 0 Å². The fourth-order valence-electron chi connectivity index (χ4n) is 0.679. The molecular formula is C8H8O. The lowest BCUT2D eigenvalue weighted by Crippen LogP contribution is -1.82. The first-order chi connectivity index (χ1) is 4.79. The van der Waals surface area contributed by atoms with E-state index in [0.717, 1.165) is 5.56 Å². The van der Waals surface area contributed by atoms with E-state index >= 15 is 0 Å². The van der Waals surface area contributed by atoms with Crippen molar-refractivity contribution >= 4 is 6.26 Å². The standard InChI is InChI=1S/C8H8O/c9-7-6-8-4-2-1-3-5-8/h1-5,7H,6H2/i7D. The van der Waals surface area contributed by atoms with E-state index in [1.54, 1.807) is 0 Å². The summed E-state index contributed by atoms with van der Waals surface area (Å²) in [6, 6.07) is 9.29. The summed E-state index contributed by atoms with van der Waals surface area (Å²) in [5.74, 6) is 0. The summed E-state index contributed by atoms with van der Waals surface area (Å²) in [5, 5.41) is 0. The van der Waals surface area contributed by atoms with E-state index < -0.39 is 6.26 Å². The molecule has 0 N–H and O–H groups in total. The number of aldehydes is 1. The molecule has 0 aromatic heterocycles. The second-order valence-corrected chi connectivity index (χ2v) is 1.81. The van der Waals surface area contributed by atoms with Gasteiger partial charge in [-0.15, -0.1) is 0 Å². The van der Waals surface area contributed by atoms with E-state index in [0.29, 0.717) is 0 Å². The molecule has 0 bridgehead atoms. The van der Waals surface area contributed by atoms with E-state index in [2.05, 4.69) is 0 Å². The third-order valence-electron chi connectivity index (χ3n) is 1.12. The molecule has 1 nitrogen and oxygen atoms in total. The summed E-state index contributed by atoms with van der Waals surface area (Å²) in [5.41, 5.74) is 0.905. The highest BCUT2D eigenvalue weighted by molar-refractivity contribution is 5.54. The molecule has 0 radical (unpaired) electrons. The first-order valence-electron chi connectivity index (χ1n) is 3.32. The number of rotatable bonds is 2. The fourth-order valence-corrected chi connectivity index (χ4v) is 0.679. The first-order valence-corrected chi connectivity index (χ1v) is 2.82. The smallest absolute Gasteiger partial charge is 0.124 e. The summed E-state index contributed by atoms with van der Waals surface area (Å²) < 4.78 is 6.68. The van der Waals surface area contributed by atoms with Gasteiger partial charge in [-0.2, -0.15) is 0 Å². The highest BCUT2D eigenvalue weighted by Gasteiger charge is 1.84. The van der Waals surface area contributed by atoms with E-state index in [1.165, 1.54) is 0 Å². The molecule has 1 rings (SSSR count). The summed E-state index contributed by atoms with van der Waals surface area (Å²) in [7, 11) is 0. The Morgan fingerprint density at radius 3 is 2.67 bits per heavy atom. The second kappa shape index (κ2) is 3.02. The van der Waals surface area contributed by atoms with Crippen LogP contribution >= 0.6 is 0 Å². The largest absolute Gasteiger partial charge is 0.303 e. The lowest BCUT2D eigenvalue weighted by atomic mass is 10.2. The summed E-state index contributed by atoms with van der Waals surface area (Å²) in [6.45, 7) is 0. The van der Waals surface area contributed by atoms with Crippen LogP contribution in [0.25, 0.3) is 0 Å². The zero-order valence-electron chi connectivity index (χ0n) is 6.00. The van der Waals surface area contributed by atoms with E-state index in [1.807, 2.05) is 30.3 Å². The topological polar surface area (TPSA) is 17.1 Å². The van der Waals surface area contributed by atoms with Gasteiger partial charge in [-0.1, -0.05) is 30.3 Å². The Labute approximate surface area is 55.7 Å². The molecule has 1 heteroatoms. The van der Waals surface area contributed by atoms with Crippen molar-refractivity contribution in [3.8, 4) is 0 Å². The molecule has 1 aromatic carbocycles. The van der Waals surface area contributed by atoms with E-state index in [-0.39, 0.29) is 6.42 Å². The molecule has 0 atom stereocenters. The Balaban J connectivity index is 2.67. The number of benzene rings is 1. The zero-order chi connectivity index (χ0) is 7.40. The maximum atomic E-state index is 10.3. The minimum atomic E-state index is -0.536. The third kappa shape index (κ3) is 1.68. The quantitative estimate of drug-likeness (QED) is 0.541. The van der Waals surface area contributed by atoms with Crippen LogP contribution in [0.2, 0.25) is 0 Å². The molecule has 0 spiro atoms. The van der Waals surface area contributed by atoms with E-state index in [9.17, 15) is 4.79 Å². The van der Waals surface area contributed by atoms with Crippen molar-refractivity contribution in [2.75, 3.05) is 0 Å². The molecule has 0 fully saturated rings. The summed E-state index contributed by atoms with van der Waals surface area (Å²) in [4.78, 5) is 10.3. The molecule has 0 unspecified atom stereocenters. The van der Waals surface area contributed by atoms with Crippen molar-refractivity contribution in [1.29, 1.82) is 0 Å². The predicted molar refractivity (Wildman–Crippen MR) is 36.2 cm³/mol. The van der Waals surface area contributed by atoms with Crippen LogP contribution in [0.15, 0.2) is 30.3 Å². The van der Waals surface area contributed by atoms with Gasteiger partial charge >= 0.3 is 0 Å². The Kier molecular flexibility index (Phi) is 1.59.